The first-order chi connectivity index (χ1) is 8.14. The van der Waals surface area contributed by atoms with Crippen molar-refractivity contribution in [3.63, 3.8) is 0 Å². The fraction of sp³-hybridized carbons (Fsp3) is 0.273. The maximum atomic E-state index is 12.4. The topological polar surface area (TPSA) is 0 Å². The van der Waals surface area contributed by atoms with Gasteiger partial charge in [-0.05, 0) is 23.8 Å². The monoisotopic (exact) mass is 288 g/mol. The lowest BCUT2D eigenvalue weighted by Gasteiger charge is -2.12. The third-order valence-electron chi connectivity index (χ3n) is 2.01. The summed E-state index contributed by atoms with van der Waals surface area (Å²) in [6.07, 6.45) is -7.29. The largest absolute Gasteiger partial charge is 0.416 e. The summed E-state index contributed by atoms with van der Waals surface area (Å²) >= 11 is 5.28. The predicted octanol–water partition coefficient (Wildman–Crippen LogP) is 4.98. The second kappa shape index (κ2) is 5.22. The summed E-state index contributed by atoms with van der Waals surface area (Å²) in [6.45, 7) is 0. The molecular formula is C11H7ClF6. The van der Waals surface area contributed by atoms with Gasteiger partial charge >= 0.3 is 12.4 Å². The maximum absolute atomic E-state index is 12.4. The Labute approximate surface area is 104 Å². The van der Waals surface area contributed by atoms with Gasteiger partial charge in [-0.2, -0.15) is 26.3 Å². The van der Waals surface area contributed by atoms with Crippen LogP contribution in [0.15, 0.2) is 24.3 Å². The van der Waals surface area contributed by atoms with Gasteiger partial charge in [0.2, 0.25) is 0 Å². The molecule has 0 atom stereocenters. The van der Waals surface area contributed by atoms with Crippen LogP contribution in [0.25, 0.3) is 6.08 Å². The average Bonchev–Trinajstić information content (AvgIpc) is 2.23. The zero-order valence-corrected chi connectivity index (χ0v) is 9.50. The molecule has 1 rings (SSSR count). The van der Waals surface area contributed by atoms with Gasteiger partial charge in [-0.15, -0.1) is 11.6 Å². The van der Waals surface area contributed by atoms with E-state index in [2.05, 4.69) is 0 Å². The molecule has 0 aliphatic carbocycles. The van der Waals surface area contributed by atoms with Crippen molar-refractivity contribution in [1.29, 1.82) is 0 Å². The number of allylic oxidation sites excluding steroid dienone is 1. The van der Waals surface area contributed by atoms with Gasteiger partial charge in [0.25, 0.3) is 0 Å². The molecule has 0 radical (unpaired) electrons. The van der Waals surface area contributed by atoms with Crippen LogP contribution in [0.3, 0.4) is 0 Å². The van der Waals surface area contributed by atoms with Crippen LogP contribution in [0.4, 0.5) is 26.3 Å². The summed E-state index contributed by atoms with van der Waals surface area (Å²) in [7, 11) is 0. The summed E-state index contributed by atoms with van der Waals surface area (Å²) in [6, 6.07) is 1.36. The molecule has 0 aromatic heterocycles. The first-order valence-corrected chi connectivity index (χ1v) is 5.20. The molecule has 0 fully saturated rings. The number of hydrogen-bond acceptors (Lipinski definition) is 0. The lowest BCUT2D eigenvalue weighted by Crippen LogP contribution is -2.11. The van der Waals surface area contributed by atoms with Crippen molar-refractivity contribution >= 4 is 17.7 Å². The smallest absolute Gasteiger partial charge is 0.166 e. The molecule has 0 amide bonds. The number of benzene rings is 1. The molecule has 0 aliphatic rings. The van der Waals surface area contributed by atoms with Gasteiger partial charge in [-0.1, -0.05) is 12.2 Å². The van der Waals surface area contributed by atoms with E-state index in [1.54, 1.807) is 0 Å². The number of hydrogen-bond donors (Lipinski definition) is 0. The van der Waals surface area contributed by atoms with Crippen molar-refractivity contribution in [3.05, 3.63) is 41.0 Å². The van der Waals surface area contributed by atoms with Crippen LogP contribution in [0, 0.1) is 0 Å². The normalized spacial score (nSPS) is 13.3. The molecule has 0 unspecified atom stereocenters. The van der Waals surface area contributed by atoms with Crippen LogP contribution >= 0.6 is 11.6 Å². The molecule has 1 aromatic carbocycles. The Hall–Kier alpha value is -1.17. The van der Waals surface area contributed by atoms with Crippen LogP contribution in [0.5, 0.6) is 0 Å². The predicted molar refractivity (Wildman–Crippen MR) is 56.2 cm³/mol. The van der Waals surface area contributed by atoms with E-state index in [1.165, 1.54) is 6.08 Å². The SMILES string of the molecule is FC(F)(F)c1cc(C=CCCl)cc(C(F)(F)F)c1. The van der Waals surface area contributed by atoms with E-state index < -0.39 is 23.5 Å². The van der Waals surface area contributed by atoms with Crippen molar-refractivity contribution in [1.82, 2.24) is 0 Å². The Kier molecular flexibility index (Phi) is 4.32. The molecular weight excluding hydrogens is 282 g/mol. The highest BCUT2D eigenvalue weighted by Gasteiger charge is 2.36. The van der Waals surface area contributed by atoms with Gasteiger partial charge in [0.05, 0.1) is 11.1 Å². The first kappa shape index (κ1) is 14.9. The zero-order chi connectivity index (χ0) is 14.0. The fourth-order valence-corrected chi connectivity index (χ4v) is 1.34. The van der Waals surface area contributed by atoms with Crippen molar-refractivity contribution in [2.24, 2.45) is 0 Å². The van der Waals surface area contributed by atoms with Crippen LogP contribution in [0.2, 0.25) is 0 Å². The Morgan fingerprint density at radius 1 is 0.889 bits per heavy atom. The quantitative estimate of drug-likeness (QED) is 0.532. The standard InChI is InChI=1S/C11H7ClF6/c12-3-1-2-7-4-8(10(13,14)15)6-9(5-7)11(16,17)18/h1-2,4-6H,3H2. The first-order valence-electron chi connectivity index (χ1n) is 4.66. The van der Waals surface area contributed by atoms with E-state index in [9.17, 15) is 26.3 Å². The van der Waals surface area contributed by atoms with Gasteiger partial charge in [0.1, 0.15) is 0 Å². The average molecular weight is 289 g/mol. The molecule has 0 bridgehead atoms. The van der Waals surface area contributed by atoms with Gasteiger partial charge in [-0.25, -0.2) is 0 Å². The molecule has 0 spiro atoms. The highest BCUT2D eigenvalue weighted by Crippen LogP contribution is 2.36. The molecule has 1 aromatic rings. The number of halogens is 7. The van der Waals surface area contributed by atoms with Crippen LogP contribution in [-0.4, -0.2) is 5.88 Å². The Morgan fingerprint density at radius 3 is 1.67 bits per heavy atom. The molecule has 100 valence electrons. The van der Waals surface area contributed by atoms with Gasteiger partial charge < -0.3 is 0 Å². The highest BCUT2D eigenvalue weighted by atomic mass is 35.5. The van der Waals surface area contributed by atoms with E-state index in [0.29, 0.717) is 12.1 Å². The van der Waals surface area contributed by atoms with E-state index >= 15 is 0 Å². The highest BCUT2D eigenvalue weighted by molar-refractivity contribution is 6.19. The molecule has 0 aliphatic heterocycles. The molecule has 0 saturated carbocycles. The third-order valence-corrected chi connectivity index (χ3v) is 2.19. The molecule has 0 saturated heterocycles. The number of alkyl halides is 7. The van der Waals surface area contributed by atoms with Crippen LogP contribution in [0.1, 0.15) is 16.7 Å². The summed E-state index contributed by atoms with van der Waals surface area (Å²) < 4.78 is 74.6. The summed E-state index contributed by atoms with van der Waals surface area (Å²) in [4.78, 5) is 0. The van der Waals surface area contributed by atoms with Gasteiger partial charge in [-0.3, -0.25) is 0 Å². The number of rotatable bonds is 2. The second-order valence-electron chi connectivity index (χ2n) is 3.40. The van der Waals surface area contributed by atoms with E-state index in [1.807, 2.05) is 0 Å². The maximum Gasteiger partial charge on any atom is 0.416 e. The van der Waals surface area contributed by atoms with Crippen molar-refractivity contribution in [2.75, 3.05) is 5.88 Å². The lowest BCUT2D eigenvalue weighted by molar-refractivity contribution is -0.143. The fourth-order valence-electron chi connectivity index (χ4n) is 1.26. The van der Waals surface area contributed by atoms with Gasteiger partial charge in [0, 0.05) is 5.88 Å². The molecule has 18 heavy (non-hydrogen) atoms. The second-order valence-corrected chi connectivity index (χ2v) is 3.70. The Balaban J connectivity index is 3.34. The van der Waals surface area contributed by atoms with E-state index in [0.717, 1.165) is 6.08 Å². The van der Waals surface area contributed by atoms with E-state index in [4.69, 9.17) is 11.6 Å². The Bertz CT molecular complexity index is 412. The molecule has 0 nitrogen and oxygen atoms in total. The summed E-state index contributed by atoms with van der Waals surface area (Å²) in [5.74, 6) is -0.00238. The van der Waals surface area contributed by atoms with Crippen LogP contribution < -0.4 is 0 Å². The lowest BCUT2D eigenvalue weighted by atomic mass is 10.0. The minimum atomic E-state index is -4.83. The van der Waals surface area contributed by atoms with Crippen molar-refractivity contribution < 1.29 is 26.3 Å². The van der Waals surface area contributed by atoms with Crippen LogP contribution in [-0.2, 0) is 12.4 Å². The molecule has 0 N–H and O–H groups in total. The molecule has 7 heteroatoms. The molecule has 0 heterocycles. The Morgan fingerprint density at radius 2 is 1.33 bits per heavy atom. The van der Waals surface area contributed by atoms with Crippen molar-refractivity contribution in [3.8, 4) is 0 Å². The van der Waals surface area contributed by atoms with Gasteiger partial charge in [0.15, 0.2) is 0 Å². The van der Waals surface area contributed by atoms with E-state index in [-0.39, 0.29) is 17.5 Å². The summed E-state index contributed by atoms with van der Waals surface area (Å²) in [5, 5.41) is 0. The minimum Gasteiger partial charge on any atom is -0.166 e. The summed E-state index contributed by atoms with van der Waals surface area (Å²) in [5.41, 5.74) is -2.88. The minimum absolute atomic E-state index is 0.00238. The third kappa shape index (κ3) is 3.94. The van der Waals surface area contributed by atoms with Crippen molar-refractivity contribution in [2.45, 2.75) is 12.4 Å². The zero-order valence-electron chi connectivity index (χ0n) is 8.74.